The summed E-state index contributed by atoms with van der Waals surface area (Å²) in [6.07, 6.45) is 7.60. The maximum Gasteiger partial charge on any atom is 0.305 e. The van der Waals surface area contributed by atoms with E-state index in [2.05, 4.69) is 6.92 Å². The van der Waals surface area contributed by atoms with Gasteiger partial charge in [-0.3, -0.25) is 4.79 Å². The third-order valence-electron chi connectivity index (χ3n) is 3.04. The van der Waals surface area contributed by atoms with Crippen LogP contribution in [0.4, 0.5) is 0 Å². The first-order chi connectivity index (χ1) is 10.6. The molecule has 0 aromatic carbocycles. The van der Waals surface area contributed by atoms with Gasteiger partial charge in [-0.15, -0.1) is 0 Å². The van der Waals surface area contributed by atoms with Crippen LogP contribution in [0.3, 0.4) is 0 Å². The third kappa shape index (κ3) is 21.6. The Kier molecular flexibility index (Phi) is 21.8. The Balaban J connectivity index is 0. The Morgan fingerprint density at radius 3 is 1.95 bits per heavy atom. The second kappa shape index (κ2) is 20.3. The minimum absolute atomic E-state index is 0.105. The van der Waals surface area contributed by atoms with Gasteiger partial charge in [-0.05, 0) is 20.3 Å². The minimum atomic E-state index is -0.951. The van der Waals surface area contributed by atoms with Crippen LogP contribution in [0.5, 0.6) is 0 Å². The predicted molar refractivity (Wildman–Crippen MR) is 88.8 cm³/mol. The van der Waals surface area contributed by atoms with Crippen molar-refractivity contribution < 1.29 is 24.5 Å². The van der Waals surface area contributed by atoms with Crippen molar-refractivity contribution in [3.05, 3.63) is 0 Å². The Labute approximate surface area is 136 Å². The largest absolute Gasteiger partial charge is 0.463 e. The first-order valence-corrected chi connectivity index (χ1v) is 8.64. The third-order valence-corrected chi connectivity index (χ3v) is 3.04. The number of aliphatic hydroxyl groups is 2. The normalized spacial score (nSPS) is 11.5. The number of aliphatic hydroxyl groups excluding tert-OH is 2. The average Bonchev–Trinajstić information content (AvgIpc) is 2.53. The van der Waals surface area contributed by atoms with E-state index in [0.29, 0.717) is 6.42 Å². The fourth-order valence-corrected chi connectivity index (χ4v) is 1.74. The van der Waals surface area contributed by atoms with E-state index in [-0.39, 0.29) is 19.2 Å². The van der Waals surface area contributed by atoms with E-state index in [1.54, 1.807) is 0 Å². The maximum atomic E-state index is 11.2. The lowest BCUT2D eigenvalue weighted by Gasteiger charge is -2.08. The number of hydrogen-bond acceptors (Lipinski definition) is 5. The fourth-order valence-electron chi connectivity index (χ4n) is 1.74. The molecule has 0 heterocycles. The van der Waals surface area contributed by atoms with Crippen molar-refractivity contribution in [2.45, 2.75) is 78.2 Å². The predicted octanol–water partition coefficient (Wildman–Crippen LogP) is 3.07. The molecule has 0 saturated carbocycles. The fraction of sp³-hybridized carbons (Fsp3) is 0.941. The molecule has 0 radical (unpaired) electrons. The first kappa shape index (κ1) is 23.6. The van der Waals surface area contributed by atoms with Gasteiger partial charge in [0, 0.05) is 19.6 Å². The van der Waals surface area contributed by atoms with Crippen LogP contribution in [0.2, 0.25) is 0 Å². The Hall–Kier alpha value is -0.650. The monoisotopic (exact) mass is 320 g/mol. The summed E-state index contributed by atoms with van der Waals surface area (Å²) in [5.41, 5.74) is 0. The smallest absolute Gasteiger partial charge is 0.305 e. The summed E-state index contributed by atoms with van der Waals surface area (Å²) < 4.78 is 9.62. The molecule has 5 nitrogen and oxygen atoms in total. The minimum Gasteiger partial charge on any atom is -0.463 e. The van der Waals surface area contributed by atoms with E-state index < -0.39 is 6.10 Å². The molecule has 0 aliphatic heterocycles. The Morgan fingerprint density at radius 2 is 1.50 bits per heavy atom. The zero-order chi connectivity index (χ0) is 17.1. The summed E-state index contributed by atoms with van der Waals surface area (Å²) in [6, 6.07) is 0. The van der Waals surface area contributed by atoms with Crippen molar-refractivity contribution in [3.8, 4) is 0 Å². The molecule has 0 aliphatic carbocycles. The lowest BCUT2D eigenvalue weighted by molar-refractivity contribution is -0.147. The summed E-state index contributed by atoms with van der Waals surface area (Å²) in [4.78, 5) is 11.2. The molecule has 5 heteroatoms. The molecule has 1 atom stereocenters. The van der Waals surface area contributed by atoms with Crippen LogP contribution in [0, 0.1) is 0 Å². The number of ether oxygens (including phenoxy) is 2. The number of carbonyl (C=O) groups is 1. The summed E-state index contributed by atoms with van der Waals surface area (Å²) in [7, 11) is 0. The highest BCUT2D eigenvalue weighted by Crippen LogP contribution is 2.08. The van der Waals surface area contributed by atoms with Gasteiger partial charge in [0.1, 0.15) is 12.7 Å². The van der Waals surface area contributed by atoms with Crippen molar-refractivity contribution in [1.82, 2.24) is 0 Å². The molecule has 0 aromatic rings. The summed E-state index contributed by atoms with van der Waals surface area (Å²) in [5.74, 6) is -0.286. The standard InChI is InChI=1S/C13H26O4.C4H10O/c1-2-3-4-5-6-7-8-9-13(16)17-11-12(15)10-14;1-3-5-4-2/h12,14-15H,2-11H2,1H3;3-4H2,1-2H3. The van der Waals surface area contributed by atoms with Crippen molar-refractivity contribution in [2.24, 2.45) is 0 Å². The quantitative estimate of drug-likeness (QED) is 0.403. The second-order valence-electron chi connectivity index (χ2n) is 5.17. The van der Waals surface area contributed by atoms with Gasteiger partial charge in [0.05, 0.1) is 6.61 Å². The molecule has 22 heavy (non-hydrogen) atoms. The lowest BCUT2D eigenvalue weighted by Crippen LogP contribution is -2.21. The molecule has 0 fully saturated rings. The summed E-state index contributed by atoms with van der Waals surface area (Å²) in [6.45, 7) is 7.38. The van der Waals surface area contributed by atoms with E-state index in [4.69, 9.17) is 19.7 Å². The molecular weight excluding hydrogens is 284 g/mol. The van der Waals surface area contributed by atoms with Crippen molar-refractivity contribution in [2.75, 3.05) is 26.4 Å². The van der Waals surface area contributed by atoms with Gasteiger partial charge in [0.25, 0.3) is 0 Å². The molecule has 0 spiro atoms. The van der Waals surface area contributed by atoms with Gasteiger partial charge in [-0.1, -0.05) is 45.4 Å². The van der Waals surface area contributed by atoms with E-state index in [9.17, 15) is 4.79 Å². The van der Waals surface area contributed by atoms with Crippen LogP contribution in [-0.4, -0.2) is 48.7 Å². The van der Waals surface area contributed by atoms with E-state index in [1.165, 1.54) is 32.1 Å². The topological polar surface area (TPSA) is 76.0 Å². The molecule has 0 rings (SSSR count). The van der Waals surface area contributed by atoms with Crippen LogP contribution in [0.15, 0.2) is 0 Å². The van der Waals surface area contributed by atoms with Crippen molar-refractivity contribution in [1.29, 1.82) is 0 Å². The first-order valence-electron chi connectivity index (χ1n) is 8.64. The Bertz CT molecular complexity index is 219. The van der Waals surface area contributed by atoms with Gasteiger partial charge < -0.3 is 19.7 Å². The van der Waals surface area contributed by atoms with Crippen LogP contribution in [0.25, 0.3) is 0 Å². The molecular formula is C17H36O5. The van der Waals surface area contributed by atoms with Gasteiger partial charge in [0.15, 0.2) is 0 Å². The molecule has 0 saturated heterocycles. The highest BCUT2D eigenvalue weighted by molar-refractivity contribution is 5.69. The molecule has 0 bridgehead atoms. The number of hydrogen-bond donors (Lipinski definition) is 2. The number of carbonyl (C=O) groups excluding carboxylic acids is 1. The van der Waals surface area contributed by atoms with E-state index in [1.807, 2.05) is 13.8 Å². The highest BCUT2D eigenvalue weighted by atomic mass is 16.5. The van der Waals surface area contributed by atoms with E-state index in [0.717, 1.165) is 26.1 Å². The van der Waals surface area contributed by atoms with Crippen molar-refractivity contribution >= 4 is 5.97 Å². The number of unbranched alkanes of at least 4 members (excludes halogenated alkanes) is 6. The van der Waals surface area contributed by atoms with Gasteiger partial charge in [0.2, 0.25) is 0 Å². The zero-order valence-corrected chi connectivity index (χ0v) is 14.7. The summed E-state index contributed by atoms with van der Waals surface area (Å²) >= 11 is 0. The Morgan fingerprint density at radius 1 is 0.955 bits per heavy atom. The van der Waals surface area contributed by atoms with Crippen LogP contribution >= 0.6 is 0 Å². The lowest BCUT2D eigenvalue weighted by atomic mass is 10.1. The molecule has 0 aliphatic rings. The van der Waals surface area contributed by atoms with Crippen LogP contribution < -0.4 is 0 Å². The van der Waals surface area contributed by atoms with Gasteiger partial charge >= 0.3 is 5.97 Å². The SMILES string of the molecule is CCCCCCCCCC(=O)OCC(O)CO.CCOCC. The molecule has 1 unspecified atom stereocenters. The van der Waals surface area contributed by atoms with E-state index >= 15 is 0 Å². The molecule has 134 valence electrons. The molecule has 2 N–H and O–H groups in total. The highest BCUT2D eigenvalue weighted by Gasteiger charge is 2.07. The number of rotatable bonds is 13. The maximum absolute atomic E-state index is 11.2. The average molecular weight is 320 g/mol. The van der Waals surface area contributed by atoms with Gasteiger partial charge in [-0.2, -0.15) is 0 Å². The second-order valence-corrected chi connectivity index (χ2v) is 5.17. The van der Waals surface area contributed by atoms with Crippen LogP contribution in [0.1, 0.15) is 72.1 Å². The van der Waals surface area contributed by atoms with Gasteiger partial charge in [-0.25, -0.2) is 0 Å². The zero-order valence-electron chi connectivity index (χ0n) is 14.7. The number of esters is 1. The molecule has 0 amide bonds. The molecule has 0 aromatic heterocycles. The summed E-state index contributed by atoms with van der Waals surface area (Å²) in [5, 5.41) is 17.5. The van der Waals surface area contributed by atoms with Crippen LogP contribution in [-0.2, 0) is 14.3 Å². The van der Waals surface area contributed by atoms with Crippen molar-refractivity contribution in [3.63, 3.8) is 0 Å².